The fourth-order valence-corrected chi connectivity index (χ4v) is 4.38. The molecule has 0 fully saturated rings. The lowest BCUT2D eigenvalue weighted by Crippen LogP contribution is -2.34. The van der Waals surface area contributed by atoms with Crippen LogP contribution in [0.3, 0.4) is 0 Å². The summed E-state index contributed by atoms with van der Waals surface area (Å²) in [6.07, 6.45) is 0. The van der Waals surface area contributed by atoms with Crippen LogP contribution in [0.5, 0.6) is 0 Å². The van der Waals surface area contributed by atoms with Crippen molar-refractivity contribution in [1.29, 1.82) is 0 Å². The van der Waals surface area contributed by atoms with Gasteiger partial charge in [0, 0.05) is 41.1 Å². The van der Waals surface area contributed by atoms with Crippen LogP contribution in [0.1, 0.15) is 10.4 Å². The Morgan fingerprint density at radius 3 is 1.96 bits per heavy atom. The maximum Gasteiger partial charge on any atom is 0.255 e. The molecule has 2 rings (SSSR count). The number of nitrogens with one attached hydrogen (secondary N) is 1. The molecule has 0 aliphatic heterocycles. The van der Waals surface area contributed by atoms with Gasteiger partial charge in [-0.1, -0.05) is 11.6 Å². The van der Waals surface area contributed by atoms with Gasteiger partial charge >= 0.3 is 0 Å². The molecule has 0 aliphatic carbocycles. The molecule has 1 amide bonds. The Kier molecular flexibility index (Phi) is 7.73. The second-order valence-electron chi connectivity index (χ2n) is 5.27. The van der Waals surface area contributed by atoms with E-state index in [9.17, 15) is 13.2 Å². The predicted molar refractivity (Wildman–Crippen MR) is 106 cm³/mol. The van der Waals surface area contributed by atoms with E-state index in [2.05, 4.69) is 5.32 Å². The van der Waals surface area contributed by atoms with Gasteiger partial charge in [0.2, 0.25) is 10.0 Å². The number of nitrogens with zero attached hydrogens (tertiary/aromatic N) is 1. The van der Waals surface area contributed by atoms with Crippen LogP contribution in [0.15, 0.2) is 53.4 Å². The highest BCUT2D eigenvalue weighted by Crippen LogP contribution is 2.18. The Labute approximate surface area is 167 Å². The number of amides is 1. The molecule has 0 radical (unpaired) electrons. The summed E-state index contributed by atoms with van der Waals surface area (Å²) in [5, 5.41) is 3.28. The Hall–Kier alpha value is -1.31. The van der Waals surface area contributed by atoms with Crippen LogP contribution < -0.4 is 5.32 Å². The second-order valence-corrected chi connectivity index (χ2v) is 8.40. The van der Waals surface area contributed by atoms with E-state index in [0.29, 0.717) is 16.3 Å². The fourth-order valence-electron chi connectivity index (χ4n) is 2.20. The van der Waals surface area contributed by atoms with Crippen LogP contribution in [0.4, 0.5) is 5.69 Å². The van der Waals surface area contributed by atoms with Gasteiger partial charge in [-0.3, -0.25) is 4.79 Å². The molecule has 2 aromatic carbocycles. The number of carbonyl (C=O) groups is 1. The summed E-state index contributed by atoms with van der Waals surface area (Å²) >= 11 is 17.1. The number of halogens is 3. The predicted octanol–water partition coefficient (Wildman–Crippen LogP) is 4.06. The van der Waals surface area contributed by atoms with Gasteiger partial charge in [-0.05, 0) is 48.5 Å². The van der Waals surface area contributed by atoms with E-state index in [1.54, 1.807) is 24.3 Å². The van der Waals surface area contributed by atoms with Gasteiger partial charge < -0.3 is 5.32 Å². The molecule has 0 saturated heterocycles. The topological polar surface area (TPSA) is 66.5 Å². The molecule has 5 nitrogen and oxygen atoms in total. The van der Waals surface area contributed by atoms with Crippen molar-refractivity contribution in [2.24, 2.45) is 0 Å². The van der Waals surface area contributed by atoms with Crippen LogP contribution in [-0.2, 0) is 10.0 Å². The van der Waals surface area contributed by atoms with Crippen molar-refractivity contribution in [2.45, 2.75) is 4.90 Å². The summed E-state index contributed by atoms with van der Waals surface area (Å²) in [6.45, 7) is 0.324. The maximum absolute atomic E-state index is 12.6. The fraction of sp³-hybridized carbons (Fsp3) is 0.235. The third-order valence-electron chi connectivity index (χ3n) is 3.52. The first kappa shape index (κ1) is 21.0. The Morgan fingerprint density at radius 2 is 1.46 bits per heavy atom. The lowest BCUT2D eigenvalue weighted by atomic mass is 10.2. The van der Waals surface area contributed by atoms with Crippen molar-refractivity contribution >= 4 is 56.4 Å². The van der Waals surface area contributed by atoms with Crippen LogP contribution in [0.25, 0.3) is 0 Å². The largest absolute Gasteiger partial charge is 0.322 e. The summed E-state index contributed by atoms with van der Waals surface area (Å²) in [5.41, 5.74) is 0.923. The number of hydrogen-bond acceptors (Lipinski definition) is 3. The van der Waals surface area contributed by atoms with Crippen molar-refractivity contribution in [3.63, 3.8) is 0 Å². The molecule has 0 saturated carbocycles. The number of anilines is 1. The molecule has 0 aliphatic rings. The SMILES string of the molecule is O=C(Nc1ccc(Cl)cc1)c1ccc(S(=O)(=O)N(CCCl)CCCl)cc1. The molecular weight excluding hydrogens is 419 g/mol. The van der Waals surface area contributed by atoms with E-state index in [0.717, 1.165) is 0 Å². The second kappa shape index (κ2) is 9.58. The zero-order valence-corrected chi connectivity index (χ0v) is 16.7. The summed E-state index contributed by atoms with van der Waals surface area (Å²) in [7, 11) is -3.71. The number of carbonyl (C=O) groups excluding carboxylic acids is 1. The molecule has 9 heteroatoms. The van der Waals surface area contributed by atoms with Gasteiger partial charge in [0.25, 0.3) is 5.91 Å². The number of alkyl halides is 2. The lowest BCUT2D eigenvalue weighted by molar-refractivity contribution is 0.102. The molecule has 26 heavy (non-hydrogen) atoms. The van der Waals surface area contributed by atoms with Crippen molar-refractivity contribution in [1.82, 2.24) is 4.31 Å². The third-order valence-corrected chi connectivity index (χ3v) is 6.03. The number of sulfonamides is 1. The summed E-state index contributed by atoms with van der Waals surface area (Å²) in [4.78, 5) is 12.3. The molecule has 0 aromatic heterocycles. The average molecular weight is 436 g/mol. The van der Waals surface area contributed by atoms with Crippen molar-refractivity contribution in [3.05, 3.63) is 59.1 Å². The summed E-state index contributed by atoms with van der Waals surface area (Å²) in [6, 6.07) is 12.4. The molecule has 0 spiro atoms. The highest BCUT2D eigenvalue weighted by molar-refractivity contribution is 7.89. The van der Waals surface area contributed by atoms with E-state index >= 15 is 0 Å². The minimum Gasteiger partial charge on any atom is -0.322 e. The number of hydrogen-bond donors (Lipinski definition) is 1. The first-order valence-electron chi connectivity index (χ1n) is 7.67. The summed E-state index contributed by atoms with van der Waals surface area (Å²) < 4.78 is 26.4. The van der Waals surface area contributed by atoms with E-state index in [1.807, 2.05) is 0 Å². The van der Waals surface area contributed by atoms with Gasteiger partial charge in [0.1, 0.15) is 0 Å². The molecule has 0 atom stereocenters. The van der Waals surface area contributed by atoms with Crippen molar-refractivity contribution in [3.8, 4) is 0 Å². The standard InChI is InChI=1S/C17H17Cl3N2O3S/c18-9-11-22(12-10-19)26(24,25)16-7-1-13(2-8-16)17(23)21-15-5-3-14(20)4-6-15/h1-8H,9-12H2,(H,21,23). The summed E-state index contributed by atoms with van der Waals surface area (Å²) in [5.74, 6) is -0.0234. The Morgan fingerprint density at radius 1 is 0.923 bits per heavy atom. The zero-order valence-electron chi connectivity index (χ0n) is 13.7. The van der Waals surface area contributed by atoms with Gasteiger partial charge in [0.15, 0.2) is 0 Å². The number of rotatable bonds is 8. The molecule has 1 N–H and O–H groups in total. The van der Waals surface area contributed by atoms with E-state index in [4.69, 9.17) is 34.8 Å². The Bertz CT molecular complexity index is 835. The number of benzene rings is 2. The molecule has 140 valence electrons. The van der Waals surface area contributed by atoms with Crippen LogP contribution in [-0.4, -0.2) is 43.5 Å². The van der Waals surface area contributed by atoms with E-state index in [-0.39, 0.29) is 35.7 Å². The monoisotopic (exact) mass is 434 g/mol. The maximum atomic E-state index is 12.6. The highest BCUT2D eigenvalue weighted by Gasteiger charge is 2.23. The smallest absolute Gasteiger partial charge is 0.255 e. The van der Waals surface area contributed by atoms with Crippen LogP contribution in [0.2, 0.25) is 5.02 Å². The minimum atomic E-state index is -3.71. The molecule has 0 heterocycles. The molecule has 0 unspecified atom stereocenters. The van der Waals surface area contributed by atoms with Gasteiger partial charge in [-0.15, -0.1) is 23.2 Å². The van der Waals surface area contributed by atoms with Gasteiger partial charge in [-0.25, -0.2) is 8.42 Å². The average Bonchev–Trinajstić information content (AvgIpc) is 2.63. The quantitative estimate of drug-likeness (QED) is 0.636. The van der Waals surface area contributed by atoms with Gasteiger partial charge in [0.05, 0.1) is 4.90 Å². The van der Waals surface area contributed by atoms with Crippen LogP contribution in [0, 0.1) is 0 Å². The van der Waals surface area contributed by atoms with Gasteiger partial charge in [-0.2, -0.15) is 4.31 Å². The highest BCUT2D eigenvalue weighted by atomic mass is 35.5. The minimum absolute atomic E-state index is 0.0794. The normalized spacial score (nSPS) is 11.5. The van der Waals surface area contributed by atoms with E-state index in [1.165, 1.54) is 28.6 Å². The zero-order chi connectivity index (χ0) is 19.2. The molecule has 0 bridgehead atoms. The van der Waals surface area contributed by atoms with Crippen molar-refractivity contribution in [2.75, 3.05) is 30.2 Å². The Balaban J connectivity index is 2.16. The molecular formula is C17H17Cl3N2O3S. The third kappa shape index (κ3) is 5.34. The molecule has 2 aromatic rings. The van der Waals surface area contributed by atoms with Crippen molar-refractivity contribution < 1.29 is 13.2 Å². The first-order valence-corrected chi connectivity index (χ1v) is 10.6. The lowest BCUT2D eigenvalue weighted by Gasteiger charge is -2.20. The van der Waals surface area contributed by atoms with Crippen LogP contribution >= 0.6 is 34.8 Å². The first-order chi connectivity index (χ1) is 12.4. The van der Waals surface area contributed by atoms with E-state index < -0.39 is 10.0 Å².